The van der Waals surface area contributed by atoms with Crippen molar-refractivity contribution < 1.29 is 4.74 Å². The number of nitrogens with zero attached hydrogens (tertiary/aromatic N) is 8. The molecule has 0 spiro atoms. The third-order valence-corrected chi connectivity index (χ3v) is 5.91. The van der Waals surface area contributed by atoms with Crippen molar-refractivity contribution in [1.29, 1.82) is 10.5 Å². The van der Waals surface area contributed by atoms with Gasteiger partial charge < -0.3 is 9.64 Å². The van der Waals surface area contributed by atoms with Gasteiger partial charge in [0.15, 0.2) is 5.82 Å². The lowest BCUT2D eigenvalue weighted by Crippen LogP contribution is -2.38. The summed E-state index contributed by atoms with van der Waals surface area (Å²) < 4.78 is 9.18. The molecule has 2 aromatic heterocycles. The number of hydrogen-bond acceptors (Lipinski definition) is 7. The third kappa shape index (κ3) is 4.74. The Morgan fingerprint density at radius 3 is 2.39 bits per heavy atom. The number of allylic oxidation sites excluding steroid dienone is 1. The molecule has 2 aromatic carbocycles. The lowest BCUT2D eigenvalue weighted by molar-refractivity contribution is 0.122. The predicted molar refractivity (Wildman–Crippen MR) is 136 cm³/mol. The summed E-state index contributed by atoms with van der Waals surface area (Å²) in [6.45, 7) is 3.08. The molecule has 0 atom stereocenters. The topological polar surface area (TPSA) is 109 Å². The summed E-state index contributed by atoms with van der Waals surface area (Å²) in [6.07, 6.45) is 4.00. The molecule has 9 heteroatoms. The van der Waals surface area contributed by atoms with Crippen molar-refractivity contribution in [3.05, 3.63) is 78.2 Å². The van der Waals surface area contributed by atoms with Gasteiger partial charge in [0.05, 0.1) is 49.2 Å². The Hall–Kier alpha value is -4.73. The molecule has 1 saturated heterocycles. The molecule has 9 nitrogen and oxygen atoms in total. The number of anilines is 1. The fourth-order valence-corrected chi connectivity index (χ4v) is 4.18. The van der Waals surface area contributed by atoms with Gasteiger partial charge in [-0.3, -0.25) is 9.25 Å². The van der Waals surface area contributed by atoms with Crippen molar-refractivity contribution >= 4 is 17.6 Å². The van der Waals surface area contributed by atoms with E-state index in [1.807, 2.05) is 71.4 Å². The second-order valence-electron chi connectivity index (χ2n) is 8.23. The minimum Gasteiger partial charge on any atom is -0.378 e. The largest absolute Gasteiger partial charge is 0.378 e. The smallest absolute Gasteiger partial charge is 0.232 e. The van der Waals surface area contributed by atoms with E-state index in [0.29, 0.717) is 56.6 Å². The molecule has 1 aliphatic heterocycles. The molecule has 178 valence electrons. The van der Waals surface area contributed by atoms with Crippen molar-refractivity contribution in [2.75, 3.05) is 31.2 Å². The van der Waals surface area contributed by atoms with E-state index in [4.69, 9.17) is 15.1 Å². The Labute approximate surface area is 209 Å². The Balaban J connectivity index is 1.63. The number of morpholine rings is 1. The van der Waals surface area contributed by atoms with Crippen LogP contribution in [-0.2, 0) is 11.3 Å². The molecule has 0 N–H and O–H groups in total. The molecule has 0 bridgehead atoms. The van der Waals surface area contributed by atoms with E-state index in [9.17, 15) is 5.26 Å². The number of nitriles is 2. The summed E-state index contributed by atoms with van der Waals surface area (Å²) in [6, 6.07) is 24.1. The van der Waals surface area contributed by atoms with Gasteiger partial charge in [0.2, 0.25) is 5.95 Å². The van der Waals surface area contributed by atoms with Crippen LogP contribution in [0.4, 0.5) is 5.95 Å². The zero-order valence-corrected chi connectivity index (χ0v) is 19.7. The zero-order valence-electron chi connectivity index (χ0n) is 19.7. The van der Waals surface area contributed by atoms with Gasteiger partial charge in [0, 0.05) is 30.4 Å². The maximum absolute atomic E-state index is 10.2. The Kier molecular flexibility index (Phi) is 6.83. The summed E-state index contributed by atoms with van der Waals surface area (Å²) in [4.78, 5) is 2.12. The van der Waals surface area contributed by atoms with Gasteiger partial charge in [0.1, 0.15) is 6.07 Å². The molecule has 0 radical (unpaired) electrons. The number of rotatable bonds is 7. The molecule has 0 unspecified atom stereocenters. The van der Waals surface area contributed by atoms with Crippen LogP contribution < -0.4 is 4.90 Å². The number of aryl methyl sites for hydroxylation is 1. The standard InChI is InChI=1S/C27H24N8O/c28-12-7-13-34-20-23(25(32-34)21-8-3-1-4-9-21)18-22(19-29)26-30-31-27(33-14-16-36-17-15-33)35(26)24-10-5-2-6-11-24/h1-6,8-11,18,20H,7,13-17H2. The van der Waals surface area contributed by atoms with Gasteiger partial charge in [-0.25, -0.2) is 0 Å². The lowest BCUT2D eigenvalue weighted by Gasteiger charge is -2.28. The van der Waals surface area contributed by atoms with E-state index in [-0.39, 0.29) is 0 Å². The fraction of sp³-hybridized carbons (Fsp3) is 0.222. The third-order valence-electron chi connectivity index (χ3n) is 5.91. The first kappa shape index (κ1) is 23.0. The van der Waals surface area contributed by atoms with Gasteiger partial charge in [0.25, 0.3) is 0 Å². The highest BCUT2D eigenvalue weighted by atomic mass is 16.5. The van der Waals surface area contributed by atoms with Crippen molar-refractivity contribution in [2.45, 2.75) is 13.0 Å². The Bertz CT molecular complexity index is 1430. The van der Waals surface area contributed by atoms with Crippen LogP contribution in [0.3, 0.4) is 0 Å². The second kappa shape index (κ2) is 10.7. The first-order chi connectivity index (χ1) is 17.8. The summed E-state index contributed by atoms with van der Waals surface area (Å²) in [7, 11) is 0. The van der Waals surface area contributed by atoms with Crippen molar-refractivity contribution in [3.8, 4) is 29.1 Å². The number of ether oxygens (including phenoxy) is 1. The highest BCUT2D eigenvalue weighted by Gasteiger charge is 2.24. The fourth-order valence-electron chi connectivity index (χ4n) is 4.18. The molecule has 0 saturated carbocycles. The molecule has 36 heavy (non-hydrogen) atoms. The van der Waals surface area contributed by atoms with Crippen LogP contribution in [0.5, 0.6) is 0 Å². The zero-order chi connectivity index (χ0) is 24.7. The quantitative estimate of drug-likeness (QED) is 0.372. The van der Waals surface area contributed by atoms with E-state index in [0.717, 1.165) is 22.5 Å². The molecular weight excluding hydrogens is 452 g/mol. The van der Waals surface area contributed by atoms with Crippen LogP contribution in [0.1, 0.15) is 17.8 Å². The normalized spacial score (nSPS) is 13.8. The lowest BCUT2D eigenvalue weighted by atomic mass is 10.1. The Morgan fingerprint density at radius 1 is 0.972 bits per heavy atom. The van der Waals surface area contributed by atoms with Gasteiger partial charge in [-0.1, -0.05) is 48.5 Å². The molecular formula is C27H24N8O. The van der Waals surface area contributed by atoms with Crippen LogP contribution in [0.15, 0.2) is 66.9 Å². The minimum absolute atomic E-state index is 0.343. The van der Waals surface area contributed by atoms with E-state index < -0.39 is 0 Å². The molecule has 0 amide bonds. The van der Waals surface area contributed by atoms with Crippen molar-refractivity contribution in [2.24, 2.45) is 0 Å². The average Bonchev–Trinajstić information content (AvgIpc) is 3.56. The number of hydrogen-bond donors (Lipinski definition) is 0. The predicted octanol–water partition coefficient (Wildman–Crippen LogP) is 3.95. The van der Waals surface area contributed by atoms with Crippen LogP contribution in [0.25, 0.3) is 28.6 Å². The van der Waals surface area contributed by atoms with Crippen molar-refractivity contribution in [1.82, 2.24) is 24.5 Å². The first-order valence-electron chi connectivity index (χ1n) is 11.7. The SMILES string of the molecule is N#CCCn1cc(C=C(C#N)c2nnc(N3CCOCC3)n2-c2ccccc2)c(-c2ccccc2)n1. The van der Waals surface area contributed by atoms with Gasteiger partial charge in [-0.05, 0) is 18.2 Å². The van der Waals surface area contributed by atoms with E-state index in [2.05, 4.69) is 27.2 Å². The molecule has 3 heterocycles. The van der Waals surface area contributed by atoms with E-state index >= 15 is 0 Å². The summed E-state index contributed by atoms with van der Waals surface area (Å²) in [5, 5.41) is 32.9. The highest BCUT2D eigenvalue weighted by Crippen LogP contribution is 2.29. The van der Waals surface area contributed by atoms with Gasteiger partial charge in [-0.15, -0.1) is 10.2 Å². The molecule has 1 fully saturated rings. The van der Waals surface area contributed by atoms with E-state index in [1.165, 1.54) is 0 Å². The molecule has 5 rings (SSSR count). The number of aromatic nitrogens is 5. The molecule has 0 aliphatic carbocycles. The van der Waals surface area contributed by atoms with Crippen LogP contribution in [0, 0.1) is 22.7 Å². The van der Waals surface area contributed by atoms with E-state index in [1.54, 1.807) is 10.8 Å². The summed E-state index contributed by atoms with van der Waals surface area (Å²) >= 11 is 0. The molecule has 1 aliphatic rings. The second-order valence-corrected chi connectivity index (χ2v) is 8.23. The number of benzene rings is 2. The van der Waals surface area contributed by atoms with Crippen LogP contribution in [-0.4, -0.2) is 50.8 Å². The Morgan fingerprint density at radius 2 is 1.69 bits per heavy atom. The van der Waals surface area contributed by atoms with Crippen LogP contribution in [0.2, 0.25) is 0 Å². The number of para-hydroxylation sites is 1. The highest BCUT2D eigenvalue weighted by molar-refractivity contribution is 5.91. The van der Waals surface area contributed by atoms with Crippen LogP contribution >= 0.6 is 0 Å². The maximum Gasteiger partial charge on any atom is 0.232 e. The monoisotopic (exact) mass is 476 g/mol. The maximum atomic E-state index is 10.2. The van der Waals surface area contributed by atoms with Gasteiger partial charge >= 0.3 is 0 Å². The van der Waals surface area contributed by atoms with Gasteiger partial charge in [-0.2, -0.15) is 15.6 Å². The summed E-state index contributed by atoms with van der Waals surface area (Å²) in [5.41, 5.74) is 3.66. The summed E-state index contributed by atoms with van der Waals surface area (Å²) in [5.74, 6) is 1.13. The average molecular weight is 477 g/mol. The minimum atomic E-state index is 0.343. The molecule has 4 aromatic rings. The van der Waals surface area contributed by atoms with Crippen molar-refractivity contribution in [3.63, 3.8) is 0 Å². The first-order valence-corrected chi connectivity index (χ1v) is 11.7.